The van der Waals surface area contributed by atoms with Crippen molar-refractivity contribution in [3.8, 4) is 0 Å². The minimum absolute atomic E-state index is 0.146. The Kier molecular flexibility index (Phi) is 7.43. The molecule has 1 atom stereocenters. The summed E-state index contributed by atoms with van der Waals surface area (Å²) in [5.74, 6) is -1.65. The molecule has 2 aliphatic rings. The van der Waals surface area contributed by atoms with E-state index in [1.165, 1.54) is 37.1 Å². The maximum atomic E-state index is 14.6. The second-order valence-electron chi connectivity index (χ2n) is 8.30. The average Bonchev–Trinajstić information content (AvgIpc) is 3.56. The van der Waals surface area contributed by atoms with Crippen molar-refractivity contribution < 1.29 is 23.2 Å². The fraction of sp³-hybridized carbons (Fsp3) is 0.375. The van der Waals surface area contributed by atoms with Crippen molar-refractivity contribution in [2.45, 2.75) is 31.8 Å². The van der Waals surface area contributed by atoms with Gasteiger partial charge in [-0.2, -0.15) is 0 Å². The highest BCUT2D eigenvalue weighted by Crippen LogP contribution is 2.33. The molecule has 0 aromatic heterocycles. The first-order valence-electron chi connectivity index (χ1n) is 10.7. The van der Waals surface area contributed by atoms with Crippen LogP contribution in [-0.2, 0) is 16.1 Å². The Morgan fingerprint density at radius 3 is 2.64 bits per heavy atom. The number of allylic oxidation sites excluding steroid dienone is 3. The van der Waals surface area contributed by atoms with Gasteiger partial charge in [0.2, 0.25) is 6.41 Å². The number of nitrogens with zero attached hydrogens (tertiary/aromatic N) is 1. The van der Waals surface area contributed by atoms with Crippen LogP contribution < -0.4 is 16.0 Å². The molecule has 1 aliphatic heterocycles. The van der Waals surface area contributed by atoms with E-state index < -0.39 is 29.0 Å². The highest BCUT2D eigenvalue weighted by atomic mass is 19.1. The number of carbonyl (C=O) groups is 3. The number of nitrogens with one attached hydrogen (secondary N) is 3. The van der Waals surface area contributed by atoms with Gasteiger partial charge in [-0.25, -0.2) is 8.78 Å². The molecule has 0 spiro atoms. The molecule has 3 N–H and O–H groups in total. The van der Waals surface area contributed by atoms with Gasteiger partial charge in [0.25, 0.3) is 11.8 Å². The van der Waals surface area contributed by atoms with Crippen LogP contribution in [0.1, 0.15) is 35.7 Å². The summed E-state index contributed by atoms with van der Waals surface area (Å²) in [7, 11) is 1.49. The van der Waals surface area contributed by atoms with Crippen LogP contribution in [-0.4, -0.2) is 48.8 Å². The van der Waals surface area contributed by atoms with E-state index in [0.29, 0.717) is 23.7 Å². The van der Waals surface area contributed by atoms with E-state index in [2.05, 4.69) is 22.5 Å². The fourth-order valence-electron chi connectivity index (χ4n) is 3.92. The van der Waals surface area contributed by atoms with Crippen molar-refractivity contribution in [3.63, 3.8) is 0 Å². The number of hydrogen-bond acceptors (Lipinski definition) is 5. The van der Waals surface area contributed by atoms with Crippen molar-refractivity contribution in [1.29, 1.82) is 0 Å². The van der Waals surface area contributed by atoms with Crippen LogP contribution in [0.4, 0.5) is 14.5 Å². The van der Waals surface area contributed by atoms with Crippen molar-refractivity contribution >= 4 is 23.9 Å². The molecular formula is C24H28F2N4O3. The van der Waals surface area contributed by atoms with Gasteiger partial charge in [0.1, 0.15) is 11.4 Å². The number of halogens is 2. The Balaban J connectivity index is 1.93. The molecule has 1 aliphatic carbocycles. The van der Waals surface area contributed by atoms with Gasteiger partial charge in [-0.05, 0) is 62.1 Å². The summed E-state index contributed by atoms with van der Waals surface area (Å²) in [4.78, 5) is 38.4. The lowest BCUT2D eigenvalue weighted by Gasteiger charge is -2.36. The third kappa shape index (κ3) is 5.19. The molecule has 176 valence electrons. The average molecular weight is 459 g/mol. The summed E-state index contributed by atoms with van der Waals surface area (Å²) in [6.45, 7) is 5.57. The lowest BCUT2D eigenvalue weighted by molar-refractivity contribution is -0.129. The Hall–Kier alpha value is -3.33. The molecule has 1 unspecified atom stereocenters. The fourth-order valence-corrected chi connectivity index (χ4v) is 3.92. The zero-order chi connectivity index (χ0) is 24.2. The number of imide groups is 1. The molecule has 1 aromatic carbocycles. The predicted octanol–water partition coefficient (Wildman–Crippen LogP) is 2.82. The highest BCUT2D eigenvalue weighted by molar-refractivity contribution is 6.01. The Labute approximate surface area is 191 Å². The molecule has 1 heterocycles. The van der Waals surface area contributed by atoms with Crippen molar-refractivity contribution in [2.75, 3.05) is 25.5 Å². The number of amides is 3. The largest absolute Gasteiger partial charge is 0.382 e. The van der Waals surface area contributed by atoms with E-state index in [0.717, 1.165) is 18.9 Å². The zero-order valence-corrected chi connectivity index (χ0v) is 18.7. The first kappa shape index (κ1) is 24.3. The predicted molar refractivity (Wildman–Crippen MR) is 121 cm³/mol. The topological polar surface area (TPSA) is 90.5 Å². The van der Waals surface area contributed by atoms with Crippen LogP contribution in [0.25, 0.3) is 0 Å². The number of anilines is 1. The third-order valence-corrected chi connectivity index (χ3v) is 5.99. The lowest BCUT2D eigenvalue weighted by Crippen LogP contribution is -2.62. The molecule has 3 rings (SSSR count). The van der Waals surface area contributed by atoms with Gasteiger partial charge >= 0.3 is 0 Å². The minimum atomic E-state index is -1.60. The molecule has 1 aromatic rings. The van der Waals surface area contributed by atoms with E-state index in [1.54, 1.807) is 6.07 Å². The smallest absolute Gasteiger partial charge is 0.254 e. The van der Waals surface area contributed by atoms with E-state index >= 15 is 0 Å². The second kappa shape index (κ2) is 10.1. The van der Waals surface area contributed by atoms with Crippen LogP contribution in [0.15, 0.2) is 48.3 Å². The van der Waals surface area contributed by atoms with Gasteiger partial charge in [-0.15, -0.1) is 0 Å². The molecule has 0 radical (unpaired) electrons. The molecule has 3 amide bonds. The number of benzene rings is 1. The van der Waals surface area contributed by atoms with Gasteiger partial charge in [0.15, 0.2) is 0 Å². The van der Waals surface area contributed by atoms with E-state index in [-0.39, 0.29) is 30.6 Å². The molecule has 9 heteroatoms. The van der Waals surface area contributed by atoms with Gasteiger partial charge in [-0.1, -0.05) is 18.7 Å². The first-order valence-corrected chi connectivity index (χ1v) is 10.7. The molecule has 0 saturated heterocycles. The summed E-state index contributed by atoms with van der Waals surface area (Å²) < 4.78 is 28.0. The molecule has 1 saturated carbocycles. The number of likely N-dealkylation sites (N-methyl/N-ethyl adjacent to an activating group) is 1. The summed E-state index contributed by atoms with van der Waals surface area (Å²) >= 11 is 0. The standard InChI is InChI=1S/C24H28F2N4O3/c1-4-18(8-5-15(2)25)24(27-3,23(33)29-14-31)13-30-12-17-9-21(28-11-16-6-7-16)20(26)10-19(17)22(30)32/h4-5,8-10,14,16,27-28H,1,6-7,11-13H2,2-3H3,(H,29,31,33)/b15-5+,18-8+. The van der Waals surface area contributed by atoms with Crippen LogP contribution in [0, 0.1) is 11.7 Å². The number of carbonyl (C=O) groups excluding carboxylic acids is 3. The molecular weight excluding hydrogens is 430 g/mol. The van der Waals surface area contributed by atoms with Gasteiger partial charge in [0, 0.05) is 18.7 Å². The third-order valence-electron chi connectivity index (χ3n) is 5.99. The molecule has 0 bridgehead atoms. The number of fused-ring (bicyclic) bond motifs is 1. The van der Waals surface area contributed by atoms with Gasteiger partial charge in [-0.3, -0.25) is 19.7 Å². The summed E-state index contributed by atoms with van der Waals surface area (Å²) in [6.07, 6.45) is 6.35. The maximum Gasteiger partial charge on any atom is 0.254 e. The highest BCUT2D eigenvalue weighted by Gasteiger charge is 2.44. The van der Waals surface area contributed by atoms with Gasteiger partial charge < -0.3 is 15.5 Å². The van der Waals surface area contributed by atoms with Crippen molar-refractivity contribution in [1.82, 2.24) is 15.5 Å². The van der Waals surface area contributed by atoms with Crippen LogP contribution in [0.3, 0.4) is 0 Å². The van der Waals surface area contributed by atoms with Crippen LogP contribution in [0.5, 0.6) is 0 Å². The monoisotopic (exact) mass is 458 g/mol. The first-order chi connectivity index (χ1) is 15.7. The minimum Gasteiger partial charge on any atom is -0.382 e. The summed E-state index contributed by atoms with van der Waals surface area (Å²) in [5.41, 5.74) is -0.164. The number of hydrogen-bond donors (Lipinski definition) is 3. The summed E-state index contributed by atoms with van der Waals surface area (Å²) in [6, 6.07) is 2.83. The van der Waals surface area contributed by atoms with E-state index in [9.17, 15) is 23.2 Å². The van der Waals surface area contributed by atoms with Crippen molar-refractivity contribution in [2.24, 2.45) is 5.92 Å². The Morgan fingerprint density at radius 1 is 1.33 bits per heavy atom. The molecule has 7 nitrogen and oxygen atoms in total. The van der Waals surface area contributed by atoms with Crippen molar-refractivity contribution in [3.05, 3.63) is 65.3 Å². The van der Waals surface area contributed by atoms with Crippen LogP contribution >= 0.6 is 0 Å². The Bertz CT molecular complexity index is 1030. The normalized spacial score (nSPS) is 17.9. The second-order valence-corrected chi connectivity index (χ2v) is 8.30. The van der Waals surface area contributed by atoms with Crippen LogP contribution in [0.2, 0.25) is 0 Å². The van der Waals surface area contributed by atoms with E-state index in [4.69, 9.17) is 0 Å². The summed E-state index contributed by atoms with van der Waals surface area (Å²) in [5, 5.41) is 8.08. The quantitative estimate of drug-likeness (QED) is 0.351. The Morgan fingerprint density at radius 2 is 2.06 bits per heavy atom. The number of rotatable bonds is 11. The SMILES string of the molecule is C=C/C(=C\C=C(/C)F)C(CN1Cc2cc(NCC3CC3)c(F)cc2C1=O)(NC)C(=O)NC=O. The van der Waals surface area contributed by atoms with Gasteiger partial charge in [0.05, 0.1) is 18.1 Å². The molecule has 1 fully saturated rings. The maximum absolute atomic E-state index is 14.6. The molecule has 33 heavy (non-hydrogen) atoms. The zero-order valence-electron chi connectivity index (χ0n) is 18.7. The lowest BCUT2D eigenvalue weighted by atomic mass is 9.87. The van der Waals surface area contributed by atoms with E-state index in [1.807, 2.05) is 0 Å².